The molecule has 4 heteroatoms. The summed E-state index contributed by atoms with van der Waals surface area (Å²) < 4.78 is 5.51. The normalized spacial score (nSPS) is 11.1. The van der Waals surface area contributed by atoms with E-state index in [1.165, 1.54) is 0 Å². The van der Waals surface area contributed by atoms with E-state index in [-0.39, 0.29) is 5.78 Å². The van der Waals surface area contributed by atoms with Crippen LogP contribution in [0.25, 0.3) is 21.7 Å². The highest BCUT2D eigenvalue weighted by Gasteiger charge is 2.15. The van der Waals surface area contributed by atoms with E-state index in [2.05, 4.69) is 4.98 Å². The van der Waals surface area contributed by atoms with Gasteiger partial charge < -0.3 is 15.5 Å². The molecule has 0 spiro atoms. The van der Waals surface area contributed by atoms with Crippen LogP contribution >= 0.6 is 0 Å². The molecule has 0 saturated heterocycles. The average molecular weight is 330 g/mol. The molecule has 0 radical (unpaired) electrons. The summed E-state index contributed by atoms with van der Waals surface area (Å²) in [5.41, 5.74) is 9.51. The molecule has 0 atom stereocenters. The van der Waals surface area contributed by atoms with E-state index in [0.29, 0.717) is 16.9 Å². The van der Waals surface area contributed by atoms with E-state index < -0.39 is 0 Å². The number of hydrogen-bond acceptors (Lipinski definition) is 3. The second kappa shape index (κ2) is 5.67. The minimum absolute atomic E-state index is 0.0534. The number of rotatable bonds is 3. The number of carbonyl (C=O) groups excluding carboxylic acids is 1. The topological polar surface area (TPSA) is 68.1 Å². The number of nitrogens with two attached hydrogens (primary N) is 1. The third kappa shape index (κ3) is 2.43. The van der Waals surface area contributed by atoms with Crippen molar-refractivity contribution in [3.8, 4) is 5.75 Å². The number of H-pyrrole nitrogens is 1. The lowest BCUT2D eigenvalue weighted by atomic mass is 10.0. The van der Waals surface area contributed by atoms with E-state index in [9.17, 15) is 4.79 Å². The molecule has 0 saturated carbocycles. The van der Waals surface area contributed by atoms with Crippen molar-refractivity contribution >= 4 is 33.1 Å². The number of carbonyl (C=O) groups is 1. The zero-order valence-corrected chi connectivity index (χ0v) is 14.1. The first-order valence-corrected chi connectivity index (χ1v) is 8.08. The van der Waals surface area contributed by atoms with Crippen LogP contribution in [0, 0.1) is 6.92 Å². The number of fused-ring (bicyclic) bond motifs is 3. The van der Waals surface area contributed by atoms with Gasteiger partial charge in [-0.05, 0) is 54.3 Å². The molecule has 25 heavy (non-hydrogen) atoms. The number of nitrogen functional groups attached to an aromatic ring is 1. The van der Waals surface area contributed by atoms with Gasteiger partial charge in [-0.2, -0.15) is 0 Å². The zero-order chi connectivity index (χ0) is 17.6. The molecular formula is C21H18N2O2. The Morgan fingerprint density at radius 3 is 2.68 bits per heavy atom. The number of aromatic nitrogens is 1. The highest BCUT2D eigenvalue weighted by atomic mass is 16.5. The number of benzene rings is 3. The SMILES string of the molecule is COc1cccc2ccc3[nH]c(C(=O)c4ccc(N)c(C)c4)cc3c12. The van der Waals surface area contributed by atoms with Crippen LogP contribution in [0.2, 0.25) is 0 Å². The minimum Gasteiger partial charge on any atom is -0.496 e. The highest BCUT2D eigenvalue weighted by Crippen LogP contribution is 2.33. The Morgan fingerprint density at radius 1 is 1.08 bits per heavy atom. The van der Waals surface area contributed by atoms with Gasteiger partial charge in [0.2, 0.25) is 5.78 Å². The molecule has 0 aliphatic heterocycles. The Bertz CT molecular complexity index is 1130. The molecule has 3 aromatic carbocycles. The largest absolute Gasteiger partial charge is 0.496 e. The van der Waals surface area contributed by atoms with Crippen molar-refractivity contribution in [1.29, 1.82) is 0 Å². The van der Waals surface area contributed by atoms with Crippen LogP contribution in [0.5, 0.6) is 5.75 Å². The number of ether oxygens (including phenoxy) is 1. The van der Waals surface area contributed by atoms with Crippen LogP contribution in [0.4, 0.5) is 5.69 Å². The van der Waals surface area contributed by atoms with E-state index in [0.717, 1.165) is 33.0 Å². The van der Waals surface area contributed by atoms with Gasteiger partial charge in [0.1, 0.15) is 5.75 Å². The Kier molecular flexibility index (Phi) is 3.46. The van der Waals surface area contributed by atoms with Crippen LogP contribution in [-0.2, 0) is 0 Å². The maximum absolute atomic E-state index is 12.9. The zero-order valence-electron chi connectivity index (χ0n) is 14.1. The maximum atomic E-state index is 12.9. The quantitative estimate of drug-likeness (QED) is 0.431. The predicted octanol–water partition coefficient (Wildman–Crippen LogP) is 4.45. The summed E-state index contributed by atoms with van der Waals surface area (Å²) >= 11 is 0. The third-order valence-electron chi connectivity index (χ3n) is 4.60. The molecule has 0 aliphatic rings. The Hall–Kier alpha value is -3.27. The van der Waals surface area contributed by atoms with Crippen molar-refractivity contribution in [3.63, 3.8) is 0 Å². The summed E-state index contributed by atoms with van der Waals surface area (Å²) in [6.07, 6.45) is 0. The third-order valence-corrected chi connectivity index (χ3v) is 4.60. The van der Waals surface area contributed by atoms with E-state index in [1.807, 2.05) is 49.4 Å². The lowest BCUT2D eigenvalue weighted by molar-refractivity contribution is 0.103. The summed E-state index contributed by atoms with van der Waals surface area (Å²) in [5.74, 6) is 0.742. The number of anilines is 1. The Labute approximate surface area is 145 Å². The average Bonchev–Trinajstić information content (AvgIpc) is 3.07. The number of ketones is 1. The fraction of sp³-hybridized carbons (Fsp3) is 0.0952. The van der Waals surface area contributed by atoms with Crippen LogP contribution in [0.1, 0.15) is 21.6 Å². The number of methoxy groups -OCH3 is 1. The summed E-state index contributed by atoms with van der Waals surface area (Å²) in [6, 6.07) is 17.2. The van der Waals surface area contributed by atoms with Gasteiger partial charge >= 0.3 is 0 Å². The van der Waals surface area contributed by atoms with Gasteiger partial charge in [0, 0.05) is 27.5 Å². The second-order valence-electron chi connectivity index (χ2n) is 6.17. The van der Waals surface area contributed by atoms with Crippen molar-refractivity contribution in [1.82, 2.24) is 4.98 Å². The van der Waals surface area contributed by atoms with E-state index in [1.54, 1.807) is 19.2 Å². The van der Waals surface area contributed by atoms with Crippen LogP contribution in [-0.4, -0.2) is 17.9 Å². The molecule has 124 valence electrons. The summed E-state index contributed by atoms with van der Waals surface area (Å²) in [7, 11) is 1.66. The molecule has 1 aromatic heterocycles. The molecule has 0 unspecified atom stereocenters. The fourth-order valence-corrected chi connectivity index (χ4v) is 3.22. The molecule has 0 fully saturated rings. The molecule has 4 nitrogen and oxygen atoms in total. The summed E-state index contributed by atoms with van der Waals surface area (Å²) in [6.45, 7) is 1.90. The van der Waals surface area contributed by atoms with Gasteiger partial charge in [-0.25, -0.2) is 0 Å². The molecule has 3 N–H and O–H groups in total. The van der Waals surface area contributed by atoms with E-state index >= 15 is 0 Å². The number of aryl methyl sites for hydroxylation is 1. The molecule has 1 heterocycles. The molecule has 0 bridgehead atoms. The molecule has 0 amide bonds. The van der Waals surface area contributed by atoms with Crippen molar-refractivity contribution in [2.75, 3.05) is 12.8 Å². The number of aromatic amines is 1. The van der Waals surface area contributed by atoms with Crippen molar-refractivity contribution in [2.45, 2.75) is 6.92 Å². The molecule has 4 rings (SSSR count). The lowest BCUT2D eigenvalue weighted by Crippen LogP contribution is -2.02. The number of nitrogens with one attached hydrogen (secondary N) is 1. The summed E-state index contributed by atoms with van der Waals surface area (Å²) in [5, 5.41) is 3.06. The van der Waals surface area contributed by atoms with E-state index in [4.69, 9.17) is 10.5 Å². The monoisotopic (exact) mass is 330 g/mol. The highest BCUT2D eigenvalue weighted by molar-refractivity contribution is 6.15. The first kappa shape index (κ1) is 15.3. The second-order valence-corrected chi connectivity index (χ2v) is 6.17. The standard InChI is InChI=1S/C21H18N2O2/c1-12-10-14(6-8-16(12)22)21(24)18-11-15-17(23-18)9-7-13-4-3-5-19(25-2)20(13)15/h3-11,23H,22H2,1-2H3. The van der Waals surface area contributed by atoms with Crippen LogP contribution < -0.4 is 10.5 Å². The van der Waals surface area contributed by atoms with Crippen molar-refractivity contribution < 1.29 is 9.53 Å². The first-order chi connectivity index (χ1) is 12.1. The molecular weight excluding hydrogens is 312 g/mol. The van der Waals surface area contributed by atoms with Gasteiger partial charge in [0.15, 0.2) is 0 Å². The van der Waals surface area contributed by atoms with Gasteiger partial charge in [-0.1, -0.05) is 18.2 Å². The van der Waals surface area contributed by atoms with Gasteiger partial charge in [0.05, 0.1) is 12.8 Å². The molecule has 4 aromatic rings. The predicted molar refractivity (Wildman–Crippen MR) is 101 cm³/mol. The minimum atomic E-state index is -0.0534. The lowest BCUT2D eigenvalue weighted by Gasteiger charge is -2.06. The van der Waals surface area contributed by atoms with Gasteiger partial charge in [-0.3, -0.25) is 4.79 Å². The first-order valence-electron chi connectivity index (χ1n) is 8.08. The van der Waals surface area contributed by atoms with Gasteiger partial charge in [0.25, 0.3) is 0 Å². The van der Waals surface area contributed by atoms with Crippen molar-refractivity contribution in [3.05, 3.63) is 71.4 Å². The number of hydrogen-bond donors (Lipinski definition) is 2. The molecule has 0 aliphatic carbocycles. The Balaban J connectivity index is 1.90. The van der Waals surface area contributed by atoms with Gasteiger partial charge in [-0.15, -0.1) is 0 Å². The smallest absolute Gasteiger partial charge is 0.209 e. The van der Waals surface area contributed by atoms with Crippen LogP contribution in [0.3, 0.4) is 0 Å². The summed E-state index contributed by atoms with van der Waals surface area (Å²) in [4.78, 5) is 16.1. The van der Waals surface area contributed by atoms with Crippen molar-refractivity contribution in [2.24, 2.45) is 0 Å². The Morgan fingerprint density at radius 2 is 1.92 bits per heavy atom. The fourth-order valence-electron chi connectivity index (χ4n) is 3.22. The maximum Gasteiger partial charge on any atom is 0.209 e. The van der Waals surface area contributed by atoms with Crippen LogP contribution in [0.15, 0.2) is 54.6 Å².